The smallest absolute Gasteiger partial charge is 0.251 e. The molecule has 4 aromatic rings. The molecule has 0 saturated heterocycles. The van der Waals surface area contributed by atoms with Crippen LogP contribution in [0.3, 0.4) is 0 Å². The third-order valence-corrected chi connectivity index (χ3v) is 6.29. The number of aromatic nitrogens is 3. The lowest BCUT2D eigenvalue weighted by atomic mass is 10.2. The van der Waals surface area contributed by atoms with Gasteiger partial charge in [-0.25, -0.2) is 9.97 Å². The van der Waals surface area contributed by atoms with Crippen molar-refractivity contribution in [2.24, 2.45) is 0 Å². The molecule has 0 aliphatic rings. The van der Waals surface area contributed by atoms with Crippen LogP contribution in [0.4, 0.5) is 0 Å². The molecule has 0 saturated carbocycles. The Balaban J connectivity index is 1.53. The molecule has 142 valence electrons. The average Bonchev–Trinajstić information content (AvgIpc) is 3.40. The van der Waals surface area contributed by atoms with E-state index in [1.54, 1.807) is 34.8 Å². The minimum atomic E-state index is -0.0883. The molecule has 3 heterocycles. The van der Waals surface area contributed by atoms with Gasteiger partial charge >= 0.3 is 0 Å². The number of aryl methyl sites for hydroxylation is 2. The summed E-state index contributed by atoms with van der Waals surface area (Å²) in [6, 6.07) is 11.4. The van der Waals surface area contributed by atoms with Crippen molar-refractivity contribution in [3.05, 3.63) is 74.8 Å². The molecule has 0 radical (unpaired) electrons. The van der Waals surface area contributed by atoms with Gasteiger partial charge in [-0.3, -0.25) is 9.36 Å². The van der Waals surface area contributed by atoms with Crippen LogP contribution in [0.1, 0.15) is 32.4 Å². The predicted octanol–water partition coefficient (Wildman–Crippen LogP) is 4.91. The summed E-state index contributed by atoms with van der Waals surface area (Å²) in [5, 5.41) is 8.90. The Kier molecular flexibility index (Phi) is 5.11. The van der Waals surface area contributed by atoms with Crippen molar-refractivity contribution in [2.75, 3.05) is 0 Å². The molecule has 0 fully saturated rings. The minimum absolute atomic E-state index is 0.0883. The van der Waals surface area contributed by atoms with Crippen molar-refractivity contribution in [1.82, 2.24) is 19.9 Å². The third kappa shape index (κ3) is 3.63. The number of nitrogens with one attached hydrogen (secondary N) is 1. The molecular weight excluding hydrogens is 388 g/mol. The summed E-state index contributed by atoms with van der Waals surface area (Å²) >= 11 is 3.20. The minimum Gasteiger partial charge on any atom is -0.346 e. The van der Waals surface area contributed by atoms with Crippen molar-refractivity contribution < 1.29 is 4.79 Å². The number of carbonyl (C=O) groups is 1. The van der Waals surface area contributed by atoms with Gasteiger partial charge in [0.1, 0.15) is 5.01 Å². The van der Waals surface area contributed by atoms with Gasteiger partial charge in [0, 0.05) is 33.3 Å². The second-order valence-electron chi connectivity index (χ2n) is 6.57. The lowest BCUT2D eigenvalue weighted by Gasteiger charge is -2.05. The van der Waals surface area contributed by atoms with Crippen molar-refractivity contribution >= 4 is 28.6 Å². The van der Waals surface area contributed by atoms with Crippen LogP contribution in [-0.4, -0.2) is 20.4 Å². The number of benzene rings is 1. The van der Waals surface area contributed by atoms with Gasteiger partial charge in [0.05, 0.1) is 17.9 Å². The number of carbonyl (C=O) groups excluding carboxylic acids is 1. The number of amides is 1. The molecule has 7 heteroatoms. The van der Waals surface area contributed by atoms with E-state index in [0.29, 0.717) is 12.1 Å². The van der Waals surface area contributed by atoms with Crippen molar-refractivity contribution in [3.63, 3.8) is 0 Å². The number of hydrogen-bond donors (Lipinski definition) is 1. The third-order valence-electron chi connectivity index (χ3n) is 4.49. The second-order valence-corrected chi connectivity index (χ2v) is 8.35. The van der Waals surface area contributed by atoms with E-state index in [0.717, 1.165) is 38.5 Å². The van der Waals surface area contributed by atoms with Gasteiger partial charge in [0.25, 0.3) is 5.91 Å². The Bertz CT molecular complexity index is 1120. The summed E-state index contributed by atoms with van der Waals surface area (Å²) in [5.41, 5.74) is 5.97. The van der Waals surface area contributed by atoms with Crippen LogP contribution < -0.4 is 5.32 Å². The van der Waals surface area contributed by atoms with Gasteiger partial charge in [0.15, 0.2) is 5.13 Å². The number of thiazole rings is 2. The topological polar surface area (TPSA) is 59.8 Å². The lowest BCUT2D eigenvalue weighted by Crippen LogP contribution is -2.22. The van der Waals surface area contributed by atoms with E-state index in [1.165, 1.54) is 0 Å². The summed E-state index contributed by atoms with van der Waals surface area (Å²) in [6.45, 7) is 6.60. The van der Waals surface area contributed by atoms with Crippen LogP contribution in [0.25, 0.3) is 16.4 Å². The van der Waals surface area contributed by atoms with E-state index in [4.69, 9.17) is 4.98 Å². The molecule has 3 aromatic heterocycles. The lowest BCUT2D eigenvalue weighted by molar-refractivity contribution is 0.0951. The monoisotopic (exact) mass is 408 g/mol. The van der Waals surface area contributed by atoms with Crippen LogP contribution in [0.2, 0.25) is 0 Å². The van der Waals surface area contributed by atoms with Crippen LogP contribution in [0, 0.1) is 20.8 Å². The van der Waals surface area contributed by atoms with Gasteiger partial charge < -0.3 is 5.32 Å². The van der Waals surface area contributed by atoms with E-state index < -0.39 is 0 Å². The summed E-state index contributed by atoms with van der Waals surface area (Å²) in [7, 11) is 0. The molecule has 28 heavy (non-hydrogen) atoms. The highest BCUT2D eigenvalue weighted by atomic mass is 32.1. The van der Waals surface area contributed by atoms with Crippen LogP contribution in [-0.2, 0) is 6.54 Å². The van der Waals surface area contributed by atoms with E-state index in [1.807, 2.05) is 30.5 Å². The zero-order valence-electron chi connectivity index (χ0n) is 15.9. The SMILES string of the molecule is Cc1csc(-n2c(C)cc(-c3csc(CNC(=O)c4ccccc4)n3)c2C)n1. The zero-order valence-corrected chi connectivity index (χ0v) is 17.5. The molecule has 1 amide bonds. The molecule has 0 atom stereocenters. The zero-order chi connectivity index (χ0) is 19.7. The first-order chi connectivity index (χ1) is 13.5. The first-order valence-corrected chi connectivity index (χ1v) is 10.7. The fourth-order valence-electron chi connectivity index (χ4n) is 3.12. The van der Waals surface area contributed by atoms with E-state index in [9.17, 15) is 4.79 Å². The molecule has 1 aromatic carbocycles. The van der Waals surface area contributed by atoms with Crippen molar-refractivity contribution in [3.8, 4) is 16.4 Å². The first kappa shape index (κ1) is 18.6. The van der Waals surface area contributed by atoms with Crippen molar-refractivity contribution in [1.29, 1.82) is 0 Å². The largest absolute Gasteiger partial charge is 0.346 e. The van der Waals surface area contributed by atoms with E-state index in [2.05, 4.69) is 40.2 Å². The maximum Gasteiger partial charge on any atom is 0.251 e. The maximum atomic E-state index is 12.2. The molecular formula is C21H20N4OS2. The Labute approximate surface area is 171 Å². The second kappa shape index (κ2) is 7.69. The van der Waals surface area contributed by atoms with E-state index >= 15 is 0 Å². The average molecular weight is 409 g/mol. The highest BCUT2D eigenvalue weighted by Gasteiger charge is 2.16. The number of rotatable bonds is 5. The Morgan fingerprint density at radius 3 is 2.57 bits per heavy atom. The summed E-state index contributed by atoms with van der Waals surface area (Å²) < 4.78 is 2.17. The molecule has 4 rings (SSSR count). The predicted molar refractivity (Wildman–Crippen MR) is 114 cm³/mol. The number of hydrogen-bond acceptors (Lipinski definition) is 5. The normalized spacial score (nSPS) is 11.0. The summed E-state index contributed by atoms with van der Waals surface area (Å²) in [4.78, 5) is 21.6. The molecule has 0 unspecified atom stereocenters. The van der Waals surface area contributed by atoms with Crippen LogP contribution in [0.15, 0.2) is 47.2 Å². The maximum absolute atomic E-state index is 12.2. The number of nitrogens with zero attached hydrogens (tertiary/aromatic N) is 3. The van der Waals surface area contributed by atoms with Gasteiger partial charge in [-0.05, 0) is 39.0 Å². The van der Waals surface area contributed by atoms with Gasteiger partial charge in [0.2, 0.25) is 0 Å². The first-order valence-electron chi connectivity index (χ1n) is 8.92. The molecule has 5 nitrogen and oxygen atoms in total. The standard InChI is InChI=1S/C21H20N4OS2/c1-13-11-28-21(23-13)25-14(2)9-17(15(25)3)18-12-27-19(24-18)10-22-20(26)16-7-5-4-6-8-16/h4-9,11-12H,10H2,1-3H3,(H,22,26). The highest BCUT2D eigenvalue weighted by Crippen LogP contribution is 2.31. The quantitative estimate of drug-likeness (QED) is 0.510. The molecule has 0 aliphatic heterocycles. The fraction of sp³-hybridized carbons (Fsp3) is 0.190. The Morgan fingerprint density at radius 2 is 1.86 bits per heavy atom. The van der Waals surface area contributed by atoms with E-state index in [-0.39, 0.29) is 5.91 Å². The van der Waals surface area contributed by atoms with Gasteiger partial charge in [-0.1, -0.05) is 18.2 Å². The Morgan fingerprint density at radius 1 is 1.07 bits per heavy atom. The van der Waals surface area contributed by atoms with Gasteiger partial charge in [-0.15, -0.1) is 22.7 Å². The van der Waals surface area contributed by atoms with Crippen molar-refractivity contribution in [2.45, 2.75) is 27.3 Å². The summed E-state index contributed by atoms with van der Waals surface area (Å²) in [6.07, 6.45) is 0. The Hall–Kier alpha value is -2.77. The fourth-order valence-corrected chi connectivity index (χ4v) is 4.77. The molecule has 0 bridgehead atoms. The molecule has 0 spiro atoms. The van der Waals surface area contributed by atoms with Crippen LogP contribution in [0.5, 0.6) is 0 Å². The summed E-state index contributed by atoms with van der Waals surface area (Å²) in [5.74, 6) is -0.0883. The molecule has 0 aliphatic carbocycles. The highest BCUT2D eigenvalue weighted by molar-refractivity contribution is 7.12. The molecule has 1 N–H and O–H groups in total. The van der Waals surface area contributed by atoms with Gasteiger partial charge in [-0.2, -0.15) is 0 Å². The van der Waals surface area contributed by atoms with Crippen LogP contribution >= 0.6 is 22.7 Å².